The van der Waals surface area contributed by atoms with Crippen molar-refractivity contribution in [3.63, 3.8) is 0 Å². The number of anilines is 1. The lowest BCUT2D eigenvalue weighted by molar-refractivity contribution is -0.328. The van der Waals surface area contributed by atoms with Crippen molar-refractivity contribution >= 4 is 75.3 Å². The molecule has 0 saturated carbocycles. The molecule has 6 bridgehead atoms. The van der Waals surface area contributed by atoms with Crippen molar-refractivity contribution in [2.24, 2.45) is 0 Å². The van der Waals surface area contributed by atoms with Crippen LogP contribution in [-0.2, 0) is 67.1 Å². The summed E-state index contributed by atoms with van der Waals surface area (Å²) in [5.41, 5.74) is 2.98. The number of carbonyl (C=O) groups excluding carboxylic acids is 5. The van der Waals surface area contributed by atoms with E-state index in [1.54, 1.807) is 45.2 Å². The van der Waals surface area contributed by atoms with Crippen LogP contribution < -0.4 is 36.3 Å². The third-order valence-electron chi connectivity index (χ3n) is 14.8. The molecule has 6 N–H and O–H groups in total. The van der Waals surface area contributed by atoms with Crippen molar-refractivity contribution in [2.45, 2.75) is 121 Å². The number of halogens is 1. The number of likely N-dealkylation sites (N-methyl/N-ethyl adjacent to an activating group) is 1. The maximum Gasteiger partial charge on any atom is 0.409 e. The number of nitrogens with zero attached hydrogens (tertiary/aromatic N) is 4. The summed E-state index contributed by atoms with van der Waals surface area (Å²) in [6, 6.07) is 12.8. The summed E-state index contributed by atoms with van der Waals surface area (Å²) < 4.78 is 43.2. The fourth-order valence-corrected chi connectivity index (χ4v) is 10.6. The number of hydrogen-bond acceptors (Lipinski definition) is 16. The first-order valence-corrected chi connectivity index (χ1v) is 27.6. The van der Waals surface area contributed by atoms with Gasteiger partial charge in [-0.3, -0.25) is 25.1 Å². The van der Waals surface area contributed by atoms with Gasteiger partial charge in [0.05, 0.1) is 58.6 Å². The monoisotopic (exact) mass is 1150 g/mol. The van der Waals surface area contributed by atoms with E-state index in [0.29, 0.717) is 68.7 Å². The number of benzene rings is 2. The predicted octanol–water partition coefficient (Wildman–Crippen LogP) is 4.27. The number of aliphatic hydroxyl groups is 1. The molecule has 2 fully saturated rings. The second-order valence-electron chi connectivity index (χ2n) is 20.9. The molecule has 24 heteroatoms. The van der Waals surface area contributed by atoms with Crippen LogP contribution in [0, 0.1) is 0 Å². The van der Waals surface area contributed by atoms with E-state index in [4.69, 9.17) is 57.0 Å². The zero-order chi connectivity index (χ0) is 58.4. The number of aryl methyl sites for hydroxylation is 1. The molecule has 7 rings (SSSR count). The molecule has 22 nitrogen and oxygen atoms in total. The highest BCUT2D eigenvalue weighted by Gasteiger charge is 2.63. The lowest BCUT2D eigenvalue weighted by Crippen LogP contribution is -2.72. The Balaban J connectivity index is 0.944. The number of para-hydroxylation sites is 1. The summed E-state index contributed by atoms with van der Waals surface area (Å²) in [5.74, 6) is -1.36. The summed E-state index contributed by atoms with van der Waals surface area (Å²) in [4.78, 5) is 70.1. The second-order valence-corrected chi connectivity index (χ2v) is 21.6. The van der Waals surface area contributed by atoms with Crippen LogP contribution in [-0.4, -0.2) is 184 Å². The third-order valence-corrected chi connectivity index (χ3v) is 15.4. The smallest absolute Gasteiger partial charge is 0.409 e. The van der Waals surface area contributed by atoms with E-state index in [1.807, 2.05) is 44.2 Å². The van der Waals surface area contributed by atoms with E-state index in [1.165, 1.54) is 38.0 Å². The topological polar surface area (TPSA) is 245 Å². The maximum absolute atomic E-state index is 14.3. The molecule has 440 valence electrons. The number of alkyl carbamates (subject to hydrolysis) is 1. The van der Waals surface area contributed by atoms with E-state index in [-0.39, 0.29) is 62.3 Å². The molecule has 1 unspecified atom stereocenters. The molecule has 2 saturated heterocycles. The molecule has 2 aromatic carbocycles. The standard InChI is InChI=1S/C56H80ClN9O13S/c1-36-14-13-17-44(74-10)56(72)33-46(78-53(71)62-56)55(4)35-54(3,79-55)45(32-49(69)65(8)42-29-38(28-36)30-43(73-9)50(42)57)77-51(70)37(2)64(7)48(68)19-24-75-26-27-76-25-22-61-52(80)60-21-20-59-47(67)18-23-66-40(34-63(6)58-5)31-39-15-11-12-16-41(39)66/h11-17,29-31,37,44-46,58,72H,18-28,32-35H2,1-10H3,(H,59,67)(H,62,71)(H2,60,61,80)/b17-13+,36-14+/t37-,44+,45-,46-,54+,55?,56-/m0/s1. The van der Waals surface area contributed by atoms with E-state index < -0.39 is 59.3 Å². The van der Waals surface area contributed by atoms with E-state index in [2.05, 4.69) is 49.5 Å². The Morgan fingerprint density at radius 1 is 0.988 bits per heavy atom. The average molecular weight is 1150 g/mol. The Kier molecular flexibility index (Phi) is 22.7. The number of rotatable bonds is 23. The number of methoxy groups -OCH3 is 2. The zero-order valence-electron chi connectivity index (χ0n) is 47.6. The van der Waals surface area contributed by atoms with Crippen molar-refractivity contribution < 1.29 is 62.2 Å². The Morgan fingerprint density at radius 3 is 2.40 bits per heavy atom. The largest absolute Gasteiger partial charge is 0.495 e. The van der Waals surface area contributed by atoms with E-state index in [0.717, 1.165) is 27.7 Å². The minimum absolute atomic E-state index is 0.0401. The first-order chi connectivity index (χ1) is 38.0. The quantitative estimate of drug-likeness (QED) is 0.0336. The van der Waals surface area contributed by atoms with Crippen LogP contribution in [0.5, 0.6) is 5.75 Å². The highest BCUT2D eigenvalue weighted by molar-refractivity contribution is 7.80. The van der Waals surface area contributed by atoms with Crippen molar-refractivity contribution in [2.75, 3.05) is 93.4 Å². The fourth-order valence-electron chi connectivity index (χ4n) is 10.1. The van der Waals surface area contributed by atoms with Crippen molar-refractivity contribution in [3.8, 4) is 5.75 Å². The number of ether oxygens (including phenoxy) is 7. The molecule has 0 radical (unpaired) electrons. The summed E-state index contributed by atoms with van der Waals surface area (Å²) in [6.45, 7) is 10.2. The predicted molar refractivity (Wildman–Crippen MR) is 306 cm³/mol. The summed E-state index contributed by atoms with van der Waals surface area (Å²) >= 11 is 12.2. The normalized spacial score (nSPS) is 24.6. The Bertz CT molecular complexity index is 2740. The Morgan fingerprint density at radius 2 is 1.69 bits per heavy atom. The van der Waals surface area contributed by atoms with Gasteiger partial charge in [-0.05, 0) is 88.6 Å². The number of amides is 4. The van der Waals surface area contributed by atoms with Gasteiger partial charge in [-0.2, -0.15) is 0 Å². The van der Waals surface area contributed by atoms with E-state index >= 15 is 0 Å². The number of esters is 1. The minimum atomic E-state index is -1.89. The van der Waals surface area contributed by atoms with Crippen LogP contribution in [0.2, 0.25) is 5.02 Å². The molecular weight excluding hydrogens is 1070 g/mol. The number of carbonyl (C=O) groups is 5. The zero-order valence-corrected chi connectivity index (χ0v) is 49.2. The number of thiocarbonyl (C=S) groups is 1. The average Bonchev–Trinajstić information content (AvgIpc) is 3.79. The van der Waals surface area contributed by atoms with Crippen LogP contribution >= 0.6 is 23.8 Å². The van der Waals surface area contributed by atoms with Gasteiger partial charge in [0.2, 0.25) is 17.7 Å². The molecule has 0 spiro atoms. The molecule has 80 heavy (non-hydrogen) atoms. The van der Waals surface area contributed by atoms with Crippen molar-refractivity contribution in [1.29, 1.82) is 0 Å². The van der Waals surface area contributed by atoms with Gasteiger partial charge < -0.3 is 68.6 Å². The van der Waals surface area contributed by atoms with Gasteiger partial charge in [0, 0.05) is 84.9 Å². The van der Waals surface area contributed by atoms with Crippen LogP contribution in [0.1, 0.15) is 71.1 Å². The van der Waals surface area contributed by atoms with E-state index in [9.17, 15) is 29.1 Å². The highest BCUT2D eigenvalue weighted by atomic mass is 35.5. The van der Waals surface area contributed by atoms with Gasteiger partial charge in [-0.1, -0.05) is 53.6 Å². The first-order valence-electron chi connectivity index (χ1n) is 26.8. The highest BCUT2D eigenvalue weighted by Crippen LogP contribution is 2.50. The fraction of sp³-hybridized carbons (Fsp3) is 0.571. The van der Waals surface area contributed by atoms with Gasteiger partial charge in [0.1, 0.15) is 46.3 Å². The number of hydrogen-bond donors (Lipinski definition) is 6. The molecule has 7 atom stereocenters. The van der Waals surface area contributed by atoms with Gasteiger partial charge in [-0.15, -0.1) is 0 Å². The molecule has 4 aliphatic heterocycles. The third kappa shape index (κ3) is 16.4. The van der Waals surface area contributed by atoms with Crippen LogP contribution in [0.25, 0.3) is 10.9 Å². The number of allylic oxidation sites excluding steroid dienone is 3. The molecule has 0 aliphatic carbocycles. The molecule has 4 amide bonds. The number of nitrogens with one attached hydrogen (secondary N) is 5. The summed E-state index contributed by atoms with van der Waals surface area (Å²) in [7, 11) is 9.78. The molecule has 4 aliphatic rings. The number of aromatic nitrogens is 1. The molecule has 3 aromatic rings. The Labute approximate surface area is 479 Å². The van der Waals surface area contributed by atoms with Crippen LogP contribution in [0.4, 0.5) is 10.5 Å². The van der Waals surface area contributed by atoms with Gasteiger partial charge in [0.15, 0.2) is 10.8 Å². The molecular formula is C56H80ClN9O13S. The first kappa shape index (κ1) is 63.3. The lowest BCUT2D eigenvalue weighted by Gasteiger charge is -2.59. The van der Waals surface area contributed by atoms with Gasteiger partial charge >= 0.3 is 12.1 Å². The Hall–Kier alpha value is -5.89. The van der Waals surface area contributed by atoms with Gasteiger partial charge in [0.25, 0.3) is 0 Å². The van der Waals surface area contributed by atoms with Crippen LogP contribution in [0.3, 0.4) is 0 Å². The molecule has 5 heterocycles. The van der Waals surface area contributed by atoms with Gasteiger partial charge in [-0.25, -0.2) is 14.6 Å². The molecule has 1 aromatic heterocycles. The van der Waals surface area contributed by atoms with Crippen LogP contribution in [0.15, 0.2) is 66.3 Å². The summed E-state index contributed by atoms with van der Waals surface area (Å²) in [5, 5.41) is 27.2. The van der Waals surface area contributed by atoms with Crippen molar-refractivity contribution in [3.05, 3.63) is 82.5 Å². The number of hydrazine groups is 1. The number of fused-ring (bicyclic) bond motifs is 7. The second kappa shape index (κ2) is 28.7. The minimum Gasteiger partial charge on any atom is -0.495 e. The maximum atomic E-state index is 14.3. The lowest BCUT2D eigenvalue weighted by atomic mass is 9.72. The van der Waals surface area contributed by atoms with Crippen molar-refractivity contribution in [1.82, 2.24) is 41.2 Å². The summed E-state index contributed by atoms with van der Waals surface area (Å²) in [6.07, 6.45) is 1.50. The SMILES string of the molecule is CNN(C)Cc1cc2ccccc2n1CCC(=O)NCCNC(=S)NCCOCCOCCC(=O)N(C)[C@@H](C)C(=O)O[C@H]1CC(=O)N(C)c2cc(cc(OC)c2Cl)C/C(C)=C/C=C/[C@@H](OC)[C@@]2(O)C[C@H](OC(=O)N2)C2(C)C[C@@]1(C)O2.